The maximum absolute atomic E-state index is 12.5. The van der Waals surface area contributed by atoms with Crippen LogP contribution < -0.4 is 10.1 Å². The van der Waals surface area contributed by atoms with Crippen LogP contribution >= 0.6 is 39.5 Å². The number of hydrogen-bond donors (Lipinski definition) is 1. The number of aromatic nitrogens is 3. The third kappa shape index (κ3) is 5.45. The highest BCUT2D eigenvalue weighted by molar-refractivity contribution is 9.10. The van der Waals surface area contributed by atoms with E-state index in [1.165, 1.54) is 40.0 Å². The Hall–Kier alpha value is -2.82. The average Bonchev–Trinajstić information content (AvgIpc) is 3.44. The molecular weight excluding hydrogens is 536 g/mol. The molecule has 1 N–H and O–H groups in total. The normalized spacial score (nSPS) is 12.9. The molecule has 1 aliphatic carbocycles. The van der Waals surface area contributed by atoms with E-state index in [-0.39, 0.29) is 23.9 Å². The Morgan fingerprint density at radius 3 is 2.79 bits per heavy atom. The van der Waals surface area contributed by atoms with Gasteiger partial charge in [-0.1, -0.05) is 34.1 Å². The van der Waals surface area contributed by atoms with Gasteiger partial charge in [0.15, 0.2) is 11.7 Å². The number of ether oxygens (including phenoxy) is 1. The number of amides is 1. The van der Waals surface area contributed by atoms with Gasteiger partial charge in [-0.15, -0.1) is 16.4 Å². The summed E-state index contributed by atoms with van der Waals surface area (Å²) in [4.78, 5) is 17.1. The number of aryl methyl sites for hydroxylation is 2. The van der Waals surface area contributed by atoms with Gasteiger partial charge in [-0.25, -0.2) is 9.67 Å². The first-order chi connectivity index (χ1) is 16.5. The third-order valence-corrected chi connectivity index (χ3v) is 7.09. The Bertz CT molecular complexity index is 1380. The second-order valence-electron chi connectivity index (χ2n) is 7.94. The number of thiazole rings is 1. The van der Waals surface area contributed by atoms with E-state index in [0.717, 1.165) is 34.3 Å². The fraction of sp³-hybridized carbons (Fsp3) is 0.250. The van der Waals surface area contributed by atoms with Gasteiger partial charge in [-0.2, -0.15) is 0 Å². The van der Waals surface area contributed by atoms with Crippen molar-refractivity contribution in [2.75, 3.05) is 5.32 Å². The maximum atomic E-state index is 12.5. The summed E-state index contributed by atoms with van der Waals surface area (Å²) in [6.07, 6.45) is 4.67. The summed E-state index contributed by atoms with van der Waals surface area (Å²) < 4.78 is 13.7. The molecule has 0 spiro atoms. The monoisotopic (exact) mass is 556 g/mol. The molecule has 1 amide bonds. The second kappa shape index (κ2) is 10.2. The minimum Gasteiger partial charge on any atom is -0.484 e. The van der Waals surface area contributed by atoms with E-state index < -0.39 is 0 Å². The van der Waals surface area contributed by atoms with Crippen LogP contribution in [0.15, 0.2) is 56.7 Å². The molecule has 174 valence electrons. The average molecular weight is 557 g/mol. The summed E-state index contributed by atoms with van der Waals surface area (Å²) in [5, 5.41) is 9.50. The molecule has 4 aromatic rings. The lowest BCUT2D eigenvalue weighted by molar-refractivity contribution is -0.117. The molecule has 0 radical (unpaired) electrons. The van der Waals surface area contributed by atoms with Gasteiger partial charge in [-0.05, 0) is 73.3 Å². The number of halogens is 1. The van der Waals surface area contributed by atoms with Crippen molar-refractivity contribution < 1.29 is 13.9 Å². The molecule has 2 aromatic carbocycles. The molecule has 0 bridgehead atoms. The standard InChI is InChI=1S/C24H21BrN4O3S2/c25-18-8-5-16(6-9-18)20-14-34-23(26-20)27-21(30)12-29-24(33)32-22(28-29)13-31-19-10-7-15-3-1-2-4-17(15)11-19/h5-11,14H,1-4,12-13H2,(H,26,27,30). The summed E-state index contributed by atoms with van der Waals surface area (Å²) in [7, 11) is 0. The number of benzene rings is 2. The number of carbonyl (C=O) groups is 1. The van der Waals surface area contributed by atoms with E-state index >= 15 is 0 Å². The van der Waals surface area contributed by atoms with Gasteiger partial charge < -0.3 is 14.5 Å². The molecular formula is C24H21BrN4O3S2. The lowest BCUT2D eigenvalue weighted by Gasteiger charge is -2.16. The van der Waals surface area contributed by atoms with Gasteiger partial charge >= 0.3 is 0 Å². The van der Waals surface area contributed by atoms with Crippen molar-refractivity contribution in [2.45, 2.75) is 38.8 Å². The topological polar surface area (TPSA) is 82.2 Å². The molecule has 0 unspecified atom stereocenters. The molecule has 7 nitrogen and oxygen atoms in total. The van der Waals surface area contributed by atoms with Gasteiger partial charge in [0.25, 0.3) is 10.7 Å². The number of fused-ring (bicyclic) bond motifs is 1. The molecule has 0 fully saturated rings. The second-order valence-corrected chi connectivity index (χ2v) is 10.1. The predicted octanol–water partition coefficient (Wildman–Crippen LogP) is 6.19. The van der Waals surface area contributed by atoms with Crippen LogP contribution in [0, 0.1) is 4.84 Å². The van der Waals surface area contributed by atoms with Crippen molar-refractivity contribution in [1.29, 1.82) is 0 Å². The molecule has 0 atom stereocenters. The van der Waals surface area contributed by atoms with Crippen molar-refractivity contribution in [3.63, 3.8) is 0 Å². The zero-order valence-corrected chi connectivity index (χ0v) is 21.3. The number of nitrogens with zero attached hydrogens (tertiary/aromatic N) is 3. The van der Waals surface area contributed by atoms with Crippen LogP contribution in [0.2, 0.25) is 0 Å². The van der Waals surface area contributed by atoms with Crippen LogP contribution in [-0.4, -0.2) is 20.7 Å². The smallest absolute Gasteiger partial charge is 0.287 e. The Morgan fingerprint density at radius 1 is 1.18 bits per heavy atom. The first-order valence-electron chi connectivity index (χ1n) is 10.9. The van der Waals surface area contributed by atoms with Crippen LogP contribution in [0.3, 0.4) is 0 Å². The number of rotatable bonds is 7. The van der Waals surface area contributed by atoms with E-state index in [2.05, 4.69) is 43.5 Å². The quantitative estimate of drug-likeness (QED) is 0.273. The predicted molar refractivity (Wildman–Crippen MR) is 137 cm³/mol. The van der Waals surface area contributed by atoms with Gasteiger partial charge in [-0.3, -0.25) is 4.79 Å². The van der Waals surface area contributed by atoms with E-state index in [1.54, 1.807) is 0 Å². The molecule has 1 aliphatic rings. The van der Waals surface area contributed by atoms with Gasteiger partial charge in [0.1, 0.15) is 12.3 Å². The Morgan fingerprint density at radius 2 is 1.97 bits per heavy atom. The number of hydrogen-bond acceptors (Lipinski definition) is 7. The SMILES string of the molecule is O=C(Cn1nc(COc2ccc3c(c2)CCCC3)oc1=S)Nc1nc(-c2ccc(Br)cc2)cs1. The minimum atomic E-state index is -0.289. The van der Waals surface area contributed by atoms with E-state index in [9.17, 15) is 4.79 Å². The fourth-order valence-corrected chi connectivity index (χ4v) is 5.03. The molecule has 0 aliphatic heterocycles. The molecule has 0 saturated carbocycles. The molecule has 5 rings (SSSR count). The highest BCUT2D eigenvalue weighted by Crippen LogP contribution is 2.27. The fourth-order valence-electron chi connectivity index (χ4n) is 3.83. The van der Waals surface area contributed by atoms with E-state index in [0.29, 0.717) is 11.0 Å². The molecule has 34 heavy (non-hydrogen) atoms. The first-order valence-corrected chi connectivity index (χ1v) is 12.9. The zero-order valence-electron chi connectivity index (χ0n) is 18.1. The number of nitrogens with one attached hydrogen (secondary N) is 1. The van der Waals surface area contributed by atoms with Crippen LogP contribution in [0.25, 0.3) is 11.3 Å². The van der Waals surface area contributed by atoms with E-state index in [1.807, 2.05) is 35.7 Å². The van der Waals surface area contributed by atoms with Gasteiger partial charge in [0.2, 0.25) is 5.91 Å². The molecule has 0 saturated heterocycles. The number of carbonyl (C=O) groups excluding carboxylic acids is 1. The van der Waals surface area contributed by atoms with Crippen molar-refractivity contribution >= 4 is 50.5 Å². The highest BCUT2D eigenvalue weighted by atomic mass is 79.9. The van der Waals surface area contributed by atoms with Gasteiger partial charge in [0, 0.05) is 15.4 Å². The summed E-state index contributed by atoms with van der Waals surface area (Å²) in [5.74, 6) is 0.810. The summed E-state index contributed by atoms with van der Waals surface area (Å²) in [6.45, 7) is 0.0639. The lowest BCUT2D eigenvalue weighted by Crippen LogP contribution is -2.19. The van der Waals surface area contributed by atoms with Crippen LogP contribution in [0.1, 0.15) is 29.9 Å². The molecule has 2 heterocycles. The minimum absolute atomic E-state index is 0.0750. The van der Waals surface area contributed by atoms with Crippen molar-refractivity contribution in [3.05, 3.63) is 74.2 Å². The lowest BCUT2D eigenvalue weighted by atomic mass is 9.92. The first kappa shape index (κ1) is 22.9. The summed E-state index contributed by atoms with van der Waals surface area (Å²) in [5.41, 5.74) is 4.52. The molecule has 10 heteroatoms. The van der Waals surface area contributed by atoms with Crippen LogP contribution in [0.5, 0.6) is 5.75 Å². The maximum Gasteiger partial charge on any atom is 0.287 e. The highest BCUT2D eigenvalue weighted by Gasteiger charge is 2.14. The van der Waals surface area contributed by atoms with Crippen LogP contribution in [0.4, 0.5) is 5.13 Å². The Kier molecular flexibility index (Phi) is 6.89. The van der Waals surface area contributed by atoms with Crippen LogP contribution in [-0.2, 0) is 30.8 Å². The van der Waals surface area contributed by atoms with Gasteiger partial charge in [0.05, 0.1) is 5.69 Å². The van der Waals surface area contributed by atoms with Crippen molar-refractivity contribution in [1.82, 2.24) is 14.8 Å². The molecule has 2 aromatic heterocycles. The van der Waals surface area contributed by atoms with E-state index in [4.69, 9.17) is 21.4 Å². The Labute approximate surface area is 213 Å². The van der Waals surface area contributed by atoms with Crippen molar-refractivity contribution in [2.24, 2.45) is 0 Å². The number of anilines is 1. The Balaban J connectivity index is 1.18. The zero-order chi connectivity index (χ0) is 23.5. The largest absolute Gasteiger partial charge is 0.484 e. The van der Waals surface area contributed by atoms with Crippen molar-refractivity contribution in [3.8, 4) is 17.0 Å². The summed E-state index contributed by atoms with van der Waals surface area (Å²) >= 11 is 10.0. The third-order valence-electron chi connectivity index (χ3n) is 5.51. The summed E-state index contributed by atoms with van der Waals surface area (Å²) in [6, 6.07) is 14.0.